The molecular weight excluding hydrogens is 460 g/mol. The first-order valence-electron chi connectivity index (χ1n) is 9.40. The van der Waals surface area contributed by atoms with E-state index in [2.05, 4.69) is 26.5 Å². The predicted molar refractivity (Wildman–Crippen MR) is 122 cm³/mol. The first kappa shape index (κ1) is 20.6. The van der Waals surface area contributed by atoms with Gasteiger partial charge < -0.3 is 9.15 Å². The van der Waals surface area contributed by atoms with Gasteiger partial charge in [-0.05, 0) is 49.4 Å². The molecule has 0 fully saturated rings. The van der Waals surface area contributed by atoms with Crippen molar-refractivity contribution in [1.82, 2.24) is 5.43 Å². The number of halogens is 1. The van der Waals surface area contributed by atoms with E-state index in [1.807, 2.05) is 37.3 Å². The van der Waals surface area contributed by atoms with Crippen LogP contribution in [0.3, 0.4) is 0 Å². The molecular formula is C24H17BrN2O4. The molecule has 0 aliphatic rings. The van der Waals surface area contributed by atoms with Crippen LogP contribution in [0.25, 0.3) is 11.0 Å². The zero-order chi connectivity index (χ0) is 21.8. The van der Waals surface area contributed by atoms with E-state index in [-0.39, 0.29) is 5.76 Å². The average Bonchev–Trinajstić information content (AvgIpc) is 3.20. The van der Waals surface area contributed by atoms with Gasteiger partial charge in [-0.15, -0.1) is 0 Å². The van der Waals surface area contributed by atoms with Gasteiger partial charge >= 0.3 is 11.9 Å². The zero-order valence-electron chi connectivity index (χ0n) is 16.5. The first-order valence-corrected chi connectivity index (χ1v) is 10.2. The first-order chi connectivity index (χ1) is 15.0. The Morgan fingerprint density at radius 2 is 1.81 bits per heavy atom. The normalized spacial score (nSPS) is 11.0. The third-order valence-electron chi connectivity index (χ3n) is 4.48. The van der Waals surface area contributed by atoms with Crippen molar-refractivity contribution in [3.8, 4) is 5.75 Å². The van der Waals surface area contributed by atoms with Crippen LogP contribution in [-0.4, -0.2) is 18.1 Å². The zero-order valence-corrected chi connectivity index (χ0v) is 18.0. The number of carbonyl (C=O) groups is 2. The summed E-state index contributed by atoms with van der Waals surface area (Å²) in [5.41, 5.74) is 5.05. The topological polar surface area (TPSA) is 80.9 Å². The number of benzene rings is 3. The number of fused-ring (bicyclic) bond motifs is 1. The van der Waals surface area contributed by atoms with Crippen LogP contribution in [0.5, 0.6) is 5.75 Å². The largest absolute Gasteiger partial charge is 0.451 e. The van der Waals surface area contributed by atoms with Gasteiger partial charge in [0.25, 0.3) is 0 Å². The van der Waals surface area contributed by atoms with E-state index in [1.54, 1.807) is 42.5 Å². The number of nitrogens with zero attached hydrogens (tertiary/aromatic N) is 1. The summed E-state index contributed by atoms with van der Waals surface area (Å²) in [7, 11) is 0. The second-order valence-corrected chi connectivity index (χ2v) is 7.70. The summed E-state index contributed by atoms with van der Waals surface area (Å²) in [5, 5.41) is 4.81. The minimum Gasteiger partial charge on any atom is -0.451 e. The van der Waals surface area contributed by atoms with Gasteiger partial charge in [0.2, 0.25) is 0 Å². The lowest BCUT2D eigenvalue weighted by Crippen LogP contribution is -2.17. The summed E-state index contributed by atoms with van der Waals surface area (Å²) in [5.74, 6) is -0.502. The Balaban J connectivity index is 1.49. The van der Waals surface area contributed by atoms with Crippen LogP contribution in [0.1, 0.15) is 32.0 Å². The minimum atomic E-state index is -0.486. The number of hydrogen-bond acceptors (Lipinski definition) is 5. The van der Waals surface area contributed by atoms with Crippen molar-refractivity contribution >= 4 is 45.0 Å². The summed E-state index contributed by atoms with van der Waals surface area (Å²) in [6.07, 6.45) is 1.41. The lowest BCUT2D eigenvalue weighted by molar-refractivity contribution is 0.0734. The third-order valence-corrected chi connectivity index (χ3v) is 4.97. The molecule has 1 N–H and O–H groups in total. The van der Waals surface area contributed by atoms with Gasteiger partial charge in [-0.25, -0.2) is 10.2 Å². The number of rotatable bonds is 5. The number of para-hydroxylation sites is 1. The molecule has 154 valence electrons. The van der Waals surface area contributed by atoms with Crippen LogP contribution in [0.2, 0.25) is 0 Å². The summed E-state index contributed by atoms with van der Waals surface area (Å²) in [6.45, 7) is 1.94. The predicted octanol–water partition coefficient (Wildman–Crippen LogP) is 5.49. The fourth-order valence-corrected chi connectivity index (χ4v) is 3.25. The molecule has 0 atom stereocenters. The second kappa shape index (κ2) is 8.97. The monoisotopic (exact) mass is 476 g/mol. The van der Waals surface area contributed by atoms with Gasteiger partial charge in [-0.3, -0.25) is 4.79 Å². The Labute approximate surface area is 186 Å². The van der Waals surface area contributed by atoms with Crippen molar-refractivity contribution in [1.29, 1.82) is 0 Å². The Morgan fingerprint density at radius 1 is 1.03 bits per heavy atom. The second-order valence-electron chi connectivity index (χ2n) is 6.79. The van der Waals surface area contributed by atoms with E-state index >= 15 is 0 Å². The van der Waals surface area contributed by atoms with E-state index in [0.29, 0.717) is 22.5 Å². The minimum absolute atomic E-state index is 0.151. The van der Waals surface area contributed by atoms with Gasteiger partial charge in [0, 0.05) is 15.4 Å². The fraction of sp³-hybridized carbons (Fsp3) is 0.0417. The number of carbonyl (C=O) groups excluding carboxylic acids is 2. The van der Waals surface area contributed by atoms with Crippen molar-refractivity contribution in [2.24, 2.45) is 5.10 Å². The molecule has 0 spiro atoms. The molecule has 4 aromatic rings. The van der Waals surface area contributed by atoms with Crippen LogP contribution in [-0.2, 0) is 0 Å². The van der Waals surface area contributed by atoms with E-state index in [1.165, 1.54) is 6.21 Å². The number of ether oxygens (including phenoxy) is 1. The molecule has 1 heterocycles. The number of furan rings is 1. The highest BCUT2D eigenvalue weighted by molar-refractivity contribution is 9.10. The third kappa shape index (κ3) is 4.90. The van der Waals surface area contributed by atoms with Gasteiger partial charge in [0.15, 0.2) is 5.76 Å². The molecule has 0 aliphatic carbocycles. The lowest BCUT2D eigenvalue weighted by Gasteiger charge is -2.08. The molecule has 1 amide bonds. The molecule has 6 nitrogen and oxygen atoms in total. The molecule has 0 saturated heterocycles. The molecule has 0 saturated carbocycles. The molecule has 4 rings (SSSR count). The van der Waals surface area contributed by atoms with Gasteiger partial charge in [-0.2, -0.15) is 5.10 Å². The maximum Gasteiger partial charge on any atom is 0.343 e. The summed E-state index contributed by atoms with van der Waals surface area (Å²) >= 11 is 3.39. The maximum atomic E-state index is 12.5. The van der Waals surface area contributed by atoms with Crippen molar-refractivity contribution in [3.05, 3.63) is 99.7 Å². The Kier molecular flexibility index (Phi) is 5.95. The van der Waals surface area contributed by atoms with Gasteiger partial charge in [-0.1, -0.05) is 51.8 Å². The van der Waals surface area contributed by atoms with Gasteiger partial charge in [0.1, 0.15) is 11.3 Å². The summed E-state index contributed by atoms with van der Waals surface area (Å²) in [4.78, 5) is 24.8. The quantitative estimate of drug-likeness (QED) is 0.179. The Bertz CT molecular complexity index is 1260. The Hall–Kier alpha value is -3.71. The number of hydrazone groups is 1. The van der Waals surface area contributed by atoms with E-state index in [9.17, 15) is 9.59 Å². The molecule has 3 aromatic carbocycles. The maximum absolute atomic E-state index is 12.5. The number of amides is 1. The molecule has 31 heavy (non-hydrogen) atoms. The van der Waals surface area contributed by atoms with Crippen LogP contribution >= 0.6 is 15.9 Å². The van der Waals surface area contributed by atoms with Crippen molar-refractivity contribution in [2.45, 2.75) is 6.92 Å². The lowest BCUT2D eigenvalue weighted by atomic mass is 10.1. The Morgan fingerprint density at radius 3 is 2.58 bits per heavy atom. The van der Waals surface area contributed by atoms with Crippen LogP contribution in [0.4, 0.5) is 0 Å². The highest BCUT2D eigenvalue weighted by Gasteiger charge is 2.13. The number of aryl methyl sites for hydroxylation is 1. The highest BCUT2D eigenvalue weighted by atomic mass is 79.9. The number of hydrogen-bond donors (Lipinski definition) is 1. The van der Waals surface area contributed by atoms with Crippen LogP contribution in [0, 0.1) is 6.92 Å². The molecule has 0 aliphatic heterocycles. The fourth-order valence-electron chi connectivity index (χ4n) is 2.87. The molecule has 1 aromatic heterocycles. The van der Waals surface area contributed by atoms with Crippen LogP contribution in [0.15, 0.2) is 86.8 Å². The van der Waals surface area contributed by atoms with Crippen molar-refractivity contribution in [2.75, 3.05) is 0 Å². The average molecular weight is 477 g/mol. The smallest absolute Gasteiger partial charge is 0.343 e. The van der Waals surface area contributed by atoms with Crippen LogP contribution < -0.4 is 10.2 Å². The van der Waals surface area contributed by atoms with E-state index in [4.69, 9.17) is 9.15 Å². The number of esters is 1. The van der Waals surface area contributed by atoms with Crippen molar-refractivity contribution < 1.29 is 18.7 Å². The molecule has 0 unspecified atom stereocenters. The highest BCUT2D eigenvalue weighted by Crippen LogP contribution is 2.23. The SMILES string of the molecule is Cc1ccc(C(=O)Oc2ccc(Br)cc2C=NNC(=O)c2cc3ccccc3o2)cc1. The molecule has 0 radical (unpaired) electrons. The number of nitrogens with one attached hydrogen (secondary N) is 1. The van der Waals surface area contributed by atoms with E-state index < -0.39 is 11.9 Å². The molecule has 7 heteroatoms. The van der Waals surface area contributed by atoms with E-state index in [0.717, 1.165) is 15.4 Å². The standard InChI is InChI=1S/C24H17BrN2O4/c1-15-6-8-16(9-7-15)24(29)31-21-11-10-19(25)12-18(21)14-26-27-23(28)22-13-17-4-2-3-5-20(17)30-22/h2-14H,1H3,(H,27,28). The molecule has 0 bridgehead atoms. The van der Waals surface area contributed by atoms with Gasteiger partial charge in [0.05, 0.1) is 11.8 Å². The summed E-state index contributed by atoms with van der Waals surface area (Å²) in [6, 6.07) is 21.2. The summed E-state index contributed by atoms with van der Waals surface area (Å²) < 4.78 is 11.8. The van der Waals surface area contributed by atoms with Crippen molar-refractivity contribution in [3.63, 3.8) is 0 Å².